The minimum absolute atomic E-state index is 0.127. The molecular weight excluding hydrogens is 153 g/mol. The van der Waals surface area contributed by atoms with Gasteiger partial charge in [-0.2, -0.15) is 13.2 Å². The van der Waals surface area contributed by atoms with Crippen LogP contribution in [0.4, 0.5) is 13.2 Å². The lowest BCUT2D eigenvalue weighted by Gasteiger charge is -2.20. The van der Waals surface area contributed by atoms with Gasteiger partial charge >= 0.3 is 6.18 Å². The highest BCUT2D eigenvalue weighted by Crippen LogP contribution is 2.30. The Kier molecular flexibility index (Phi) is 3.90. The average molecular weight is 168 g/mol. The van der Waals surface area contributed by atoms with E-state index in [0.29, 0.717) is 6.42 Å². The van der Waals surface area contributed by atoms with Crippen molar-refractivity contribution < 1.29 is 13.2 Å². The van der Waals surface area contributed by atoms with Gasteiger partial charge in [0.15, 0.2) is 0 Å². The first-order valence-electron chi connectivity index (χ1n) is 3.93. The minimum atomic E-state index is -4.00. The molecule has 0 aromatic heterocycles. The van der Waals surface area contributed by atoms with E-state index in [9.17, 15) is 13.2 Å². The molecule has 0 nitrogen and oxygen atoms in total. The smallest absolute Gasteiger partial charge is 0.171 e. The maximum atomic E-state index is 11.9. The summed E-state index contributed by atoms with van der Waals surface area (Å²) in [7, 11) is 0. The van der Waals surface area contributed by atoms with Crippen LogP contribution in [0.3, 0.4) is 0 Å². The SMILES string of the molecule is CCC(CC(F)(F)F)C(C)C. The second-order valence-corrected chi connectivity index (χ2v) is 3.23. The van der Waals surface area contributed by atoms with Crippen LogP contribution in [0.25, 0.3) is 0 Å². The van der Waals surface area contributed by atoms with Gasteiger partial charge in [-0.05, 0) is 11.8 Å². The molecule has 0 aliphatic rings. The molecular formula is C8H15F3. The number of hydrogen-bond acceptors (Lipinski definition) is 0. The monoisotopic (exact) mass is 168 g/mol. The largest absolute Gasteiger partial charge is 0.389 e. The molecule has 1 atom stereocenters. The highest BCUT2D eigenvalue weighted by atomic mass is 19.4. The third-order valence-electron chi connectivity index (χ3n) is 1.96. The van der Waals surface area contributed by atoms with Gasteiger partial charge in [0.2, 0.25) is 0 Å². The van der Waals surface area contributed by atoms with Crippen LogP contribution in [0.15, 0.2) is 0 Å². The molecule has 0 bridgehead atoms. The Bertz CT molecular complexity index is 104. The molecule has 0 heterocycles. The van der Waals surface area contributed by atoms with Gasteiger partial charge in [0.05, 0.1) is 0 Å². The molecule has 3 heteroatoms. The Morgan fingerprint density at radius 3 is 1.73 bits per heavy atom. The van der Waals surface area contributed by atoms with E-state index in [0.717, 1.165) is 0 Å². The van der Waals surface area contributed by atoms with E-state index in [1.807, 2.05) is 13.8 Å². The first kappa shape index (κ1) is 10.8. The lowest BCUT2D eigenvalue weighted by atomic mass is 9.90. The lowest BCUT2D eigenvalue weighted by molar-refractivity contribution is -0.147. The first-order chi connectivity index (χ1) is 4.87. The maximum Gasteiger partial charge on any atom is 0.389 e. The molecule has 0 amide bonds. The zero-order valence-electron chi connectivity index (χ0n) is 7.20. The number of alkyl halides is 3. The summed E-state index contributed by atoms with van der Waals surface area (Å²) in [6.07, 6.45) is -4.02. The standard InChI is InChI=1S/C8H15F3/c1-4-7(6(2)3)5-8(9,10)11/h6-7H,4-5H2,1-3H3. The molecule has 0 saturated heterocycles. The molecule has 1 unspecified atom stereocenters. The summed E-state index contributed by atoms with van der Waals surface area (Å²) in [5.74, 6) is -0.0865. The van der Waals surface area contributed by atoms with Crippen LogP contribution < -0.4 is 0 Å². The topological polar surface area (TPSA) is 0 Å². The zero-order chi connectivity index (χ0) is 9.07. The van der Waals surface area contributed by atoms with Gasteiger partial charge in [0, 0.05) is 6.42 Å². The van der Waals surface area contributed by atoms with E-state index in [4.69, 9.17) is 0 Å². The van der Waals surface area contributed by atoms with Crippen molar-refractivity contribution in [2.75, 3.05) is 0 Å². The minimum Gasteiger partial charge on any atom is -0.171 e. The normalized spacial score (nSPS) is 15.5. The van der Waals surface area contributed by atoms with Crippen molar-refractivity contribution in [2.45, 2.75) is 39.8 Å². The van der Waals surface area contributed by atoms with Crippen LogP contribution in [-0.2, 0) is 0 Å². The quantitative estimate of drug-likeness (QED) is 0.603. The van der Waals surface area contributed by atoms with Gasteiger partial charge in [0.25, 0.3) is 0 Å². The fourth-order valence-corrected chi connectivity index (χ4v) is 1.15. The molecule has 0 aromatic carbocycles. The first-order valence-corrected chi connectivity index (χ1v) is 3.93. The fraction of sp³-hybridized carbons (Fsp3) is 1.00. The molecule has 0 radical (unpaired) electrons. The zero-order valence-corrected chi connectivity index (χ0v) is 7.20. The number of rotatable bonds is 3. The third-order valence-corrected chi connectivity index (χ3v) is 1.96. The average Bonchev–Trinajstić information content (AvgIpc) is 1.80. The van der Waals surface area contributed by atoms with Crippen molar-refractivity contribution in [3.63, 3.8) is 0 Å². The molecule has 0 aliphatic carbocycles. The molecule has 0 aromatic rings. The molecule has 0 spiro atoms. The van der Waals surface area contributed by atoms with Gasteiger partial charge in [-0.1, -0.05) is 27.2 Å². The Morgan fingerprint density at radius 2 is 1.64 bits per heavy atom. The second-order valence-electron chi connectivity index (χ2n) is 3.23. The molecule has 0 N–H and O–H groups in total. The second kappa shape index (κ2) is 3.98. The lowest BCUT2D eigenvalue weighted by Crippen LogP contribution is -2.18. The van der Waals surface area contributed by atoms with Crippen LogP contribution in [0, 0.1) is 11.8 Å². The Hall–Kier alpha value is -0.210. The molecule has 68 valence electrons. The van der Waals surface area contributed by atoms with Gasteiger partial charge < -0.3 is 0 Å². The summed E-state index contributed by atoms with van der Waals surface area (Å²) >= 11 is 0. The summed E-state index contributed by atoms with van der Waals surface area (Å²) in [5.41, 5.74) is 0. The van der Waals surface area contributed by atoms with Crippen LogP contribution in [-0.4, -0.2) is 6.18 Å². The molecule has 0 saturated carbocycles. The van der Waals surface area contributed by atoms with Crippen molar-refractivity contribution in [3.05, 3.63) is 0 Å². The van der Waals surface area contributed by atoms with Gasteiger partial charge in [-0.25, -0.2) is 0 Å². The molecule has 11 heavy (non-hydrogen) atoms. The van der Waals surface area contributed by atoms with Gasteiger partial charge in [0.1, 0.15) is 0 Å². The summed E-state index contributed by atoms with van der Waals surface area (Å²) in [6.45, 7) is 5.47. The fourth-order valence-electron chi connectivity index (χ4n) is 1.15. The van der Waals surface area contributed by atoms with Crippen LogP contribution in [0.1, 0.15) is 33.6 Å². The predicted octanol–water partition coefficient (Wildman–Crippen LogP) is 3.62. The van der Waals surface area contributed by atoms with Crippen molar-refractivity contribution in [1.29, 1.82) is 0 Å². The van der Waals surface area contributed by atoms with E-state index in [1.54, 1.807) is 6.92 Å². The van der Waals surface area contributed by atoms with Crippen LogP contribution in [0.5, 0.6) is 0 Å². The number of halogens is 3. The maximum absolute atomic E-state index is 11.9. The highest BCUT2D eigenvalue weighted by molar-refractivity contribution is 4.65. The predicted molar refractivity (Wildman–Crippen MR) is 39.3 cm³/mol. The number of hydrogen-bond donors (Lipinski definition) is 0. The van der Waals surface area contributed by atoms with E-state index in [-0.39, 0.29) is 11.8 Å². The van der Waals surface area contributed by atoms with E-state index < -0.39 is 12.6 Å². The van der Waals surface area contributed by atoms with E-state index >= 15 is 0 Å². The molecule has 0 rings (SSSR count). The van der Waals surface area contributed by atoms with Crippen molar-refractivity contribution in [3.8, 4) is 0 Å². The summed E-state index contributed by atoms with van der Waals surface area (Å²) in [4.78, 5) is 0. The van der Waals surface area contributed by atoms with Crippen molar-refractivity contribution >= 4 is 0 Å². The van der Waals surface area contributed by atoms with Crippen LogP contribution >= 0.6 is 0 Å². The molecule has 0 aliphatic heterocycles. The summed E-state index contributed by atoms with van der Waals surface area (Å²) < 4.78 is 35.6. The van der Waals surface area contributed by atoms with Gasteiger partial charge in [-0.15, -0.1) is 0 Å². The van der Waals surface area contributed by atoms with Crippen molar-refractivity contribution in [2.24, 2.45) is 11.8 Å². The summed E-state index contributed by atoms with van der Waals surface area (Å²) in [6, 6.07) is 0. The summed E-state index contributed by atoms with van der Waals surface area (Å²) in [5, 5.41) is 0. The third kappa shape index (κ3) is 5.10. The van der Waals surface area contributed by atoms with Gasteiger partial charge in [-0.3, -0.25) is 0 Å². The van der Waals surface area contributed by atoms with E-state index in [2.05, 4.69) is 0 Å². The Labute approximate surface area is 65.8 Å². The highest BCUT2D eigenvalue weighted by Gasteiger charge is 2.32. The van der Waals surface area contributed by atoms with E-state index in [1.165, 1.54) is 0 Å². The van der Waals surface area contributed by atoms with Crippen molar-refractivity contribution in [1.82, 2.24) is 0 Å². The molecule has 0 fully saturated rings. The Morgan fingerprint density at radius 1 is 1.18 bits per heavy atom. The Balaban J connectivity index is 3.88. The van der Waals surface area contributed by atoms with Crippen LogP contribution in [0.2, 0.25) is 0 Å².